The molecule has 0 aliphatic carbocycles. The first kappa shape index (κ1) is 22.8. The van der Waals surface area contributed by atoms with Crippen molar-refractivity contribution in [2.24, 2.45) is 0 Å². The first-order valence-electron chi connectivity index (χ1n) is 8.50. The Bertz CT molecular complexity index is 831. The minimum absolute atomic E-state index is 0. The molecule has 0 unspecified atom stereocenters. The second-order valence-corrected chi connectivity index (χ2v) is 6.85. The van der Waals surface area contributed by atoms with E-state index >= 15 is 0 Å². The van der Waals surface area contributed by atoms with Crippen molar-refractivity contribution in [3.8, 4) is 0 Å². The number of para-hydroxylation sites is 1. The standard InChI is InChI=1S/C19H26N4O3.V/c1-12(24)22-16(17(25)23(5)19(2,3)18(26)20-4)10-13-11-21-15-9-7-6-8-14(13)15;/h6-9,11,16,21H,10H2,1-5H3,(H,20,26)(H,22,24);/t16-;/m1./s1. The van der Waals surface area contributed by atoms with E-state index in [4.69, 9.17) is 0 Å². The van der Waals surface area contributed by atoms with E-state index in [1.54, 1.807) is 20.9 Å². The van der Waals surface area contributed by atoms with Crippen LogP contribution in [0.25, 0.3) is 10.9 Å². The number of fused-ring (bicyclic) bond motifs is 1. The van der Waals surface area contributed by atoms with Crippen LogP contribution in [0.15, 0.2) is 30.5 Å². The van der Waals surface area contributed by atoms with Gasteiger partial charge >= 0.3 is 0 Å². The maximum Gasteiger partial charge on any atom is 0.246 e. The number of nitrogens with one attached hydrogen (secondary N) is 3. The number of aromatic amines is 1. The van der Waals surface area contributed by atoms with E-state index in [1.165, 1.54) is 18.9 Å². The molecular formula is C19H26N4O3V. The molecule has 145 valence electrons. The number of carbonyl (C=O) groups excluding carboxylic acids is 3. The molecule has 7 nitrogen and oxygen atoms in total. The minimum Gasteiger partial charge on any atom is -0.361 e. The molecule has 2 aromatic rings. The quantitative estimate of drug-likeness (QED) is 0.669. The molecular weight excluding hydrogens is 383 g/mol. The molecule has 8 heteroatoms. The van der Waals surface area contributed by atoms with E-state index in [0.717, 1.165) is 16.5 Å². The maximum absolute atomic E-state index is 13.0. The normalized spacial score (nSPS) is 12.0. The van der Waals surface area contributed by atoms with Crippen LogP contribution >= 0.6 is 0 Å². The first-order valence-corrected chi connectivity index (χ1v) is 8.50. The molecule has 27 heavy (non-hydrogen) atoms. The number of likely N-dealkylation sites (N-methyl/N-ethyl adjacent to an activating group) is 2. The van der Waals surface area contributed by atoms with Crippen LogP contribution in [0.2, 0.25) is 0 Å². The van der Waals surface area contributed by atoms with Crippen LogP contribution in [-0.4, -0.2) is 53.3 Å². The molecule has 1 heterocycles. The van der Waals surface area contributed by atoms with E-state index in [0.29, 0.717) is 6.42 Å². The predicted molar refractivity (Wildman–Crippen MR) is 101 cm³/mol. The number of hydrogen-bond donors (Lipinski definition) is 3. The zero-order chi connectivity index (χ0) is 19.5. The molecule has 0 spiro atoms. The van der Waals surface area contributed by atoms with E-state index < -0.39 is 11.6 Å². The summed E-state index contributed by atoms with van der Waals surface area (Å²) in [5.41, 5.74) is 0.859. The van der Waals surface area contributed by atoms with Crippen molar-refractivity contribution in [3.63, 3.8) is 0 Å². The number of nitrogens with zero attached hydrogens (tertiary/aromatic N) is 1. The zero-order valence-corrected chi connectivity index (χ0v) is 17.7. The molecule has 0 saturated heterocycles. The molecule has 1 aromatic carbocycles. The number of aromatic nitrogens is 1. The second kappa shape index (κ2) is 9.10. The average molecular weight is 409 g/mol. The van der Waals surface area contributed by atoms with Crippen molar-refractivity contribution in [2.75, 3.05) is 14.1 Å². The van der Waals surface area contributed by atoms with Crippen molar-refractivity contribution in [3.05, 3.63) is 36.0 Å². The van der Waals surface area contributed by atoms with Gasteiger partial charge in [0, 0.05) is 63.1 Å². The van der Waals surface area contributed by atoms with E-state index in [-0.39, 0.29) is 36.3 Å². The van der Waals surface area contributed by atoms with Gasteiger partial charge in [-0.05, 0) is 25.5 Å². The smallest absolute Gasteiger partial charge is 0.246 e. The number of rotatable bonds is 6. The molecule has 1 atom stereocenters. The van der Waals surface area contributed by atoms with Gasteiger partial charge in [0.25, 0.3) is 0 Å². The number of benzene rings is 1. The largest absolute Gasteiger partial charge is 0.361 e. The summed E-state index contributed by atoms with van der Waals surface area (Å²) in [7, 11) is 3.10. The number of H-pyrrole nitrogens is 1. The Labute approximate surface area is 171 Å². The summed E-state index contributed by atoms with van der Waals surface area (Å²) in [6.07, 6.45) is 2.17. The van der Waals surface area contributed by atoms with E-state index in [1.807, 2.05) is 30.5 Å². The Morgan fingerprint density at radius 1 is 1.22 bits per heavy atom. The summed E-state index contributed by atoms with van der Waals surface area (Å²) in [5.74, 6) is -0.893. The molecule has 0 fully saturated rings. The Morgan fingerprint density at radius 3 is 2.44 bits per heavy atom. The topological polar surface area (TPSA) is 94.3 Å². The number of carbonyl (C=O) groups is 3. The van der Waals surface area contributed by atoms with Gasteiger partial charge in [-0.2, -0.15) is 0 Å². The third-order valence-corrected chi connectivity index (χ3v) is 4.73. The van der Waals surface area contributed by atoms with Gasteiger partial charge in [-0.3, -0.25) is 14.4 Å². The maximum atomic E-state index is 13.0. The molecule has 2 rings (SSSR count). The van der Waals surface area contributed by atoms with Crippen LogP contribution in [0.5, 0.6) is 0 Å². The van der Waals surface area contributed by atoms with Gasteiger partial charge in [0.2, 0.25) is 17.7 Å². The SMILES string of the molecule is CNC(=O)C(C)(C)N(C)C(=O)[C@@H](Cc1c[nH]c2ccccc12)NC(C)=O.[V]. The van der Waals surface area contributed by atoms with Crippen LogP contribution in [0.4, 0.5) is 0 Å². The molecule has 0 saturated carbocycles. The van der Waals surface area contributed by atoms with Crippen molar-refractivity contribution in [1.29, 1.82) is 0 Å². The Balaban J connectivity index is 0.00000364. The Hall–Kier alpha value is -2.25. The van der Waals surface area contributed by atoms with Crippen LogP contribution in [0, 0.1) is 0 Å². The fourth-order valence-corrected chi connectivity index (χ4v) is 2.93. The van der Waals surface area contributed by atoms with Crippen LogP contribution < -0.4 is 10.6 Å². The summed E-state index contributed by atoms with van der Waals surface area (Å²) in [4.78, 5) is 41.3. The summed E-state index contributed by atoms with van der Waals surface area (Å²) in [6.45, 7) is 4.71. The summed E-state index contributed by atoms with van der Waals surface area (Å²) >= 11 is 0. The molecule has 0 bridgehead atoms. The molecule has 0 aliphatic heterocycles. The van der Waals surface area contributed by atoms with Crippen molar-refractivity contribution < 1.29 is 32.9 Å². The molecule has 1 radical (unpaired) electrons. The van der Waals surface area contributed by atoms with Gasteiger partial charge < -0.3 is 20.5 Å². The zero-order valence-electron chi connectivity index (χ0n) is 16.3. The summed E-state index contributed by atoms with van der Waals surface area (Å²) < 4.78 is 0. The molecule has 0 aliphatic rings. The second-order valence-electron chi connectivity index (χ2n) is 6.85. The van der Waals surface area contributed by atoms with Crippen LogP contribution in [0.3, 0.4) is 0 Å². The van der Waals surface area contributed by atoms with Gasteiger partial charge in [0.1, 0.15) is 11.6 Å². The number of amides is 3. The third kappa shape index (κ3) is 4.93. The molecule has 3 N–H and O–H groups in total. The molecule has 1 aromatic heterocycles. The number of hydrogen-bond acceptors (Lipinski definition) is 3. The Kier molecular flexibility index (Phi) is 7.69. The van der Waals surface area contributed by atoms with E-state index in [9.17, 15) is 14.4 Å². The minimum atomic E-state index is -1.04. The van der Waals surface area contributed by atoms with Gasteiger partial charge in [-0.25, -0.2) is 0 Å². The fraction of sp³-hybridized carbons (Fsp3) is 0.421. The molecule has 3 amide bonds. The van der Waals surface area contributed by atoms with Gasteiger partial charge in [-0.1, -0.05) is 18.2 Å². The predicted octanol–water partition coefficient (Wildman–Crippen LogP) is 1.20. The van der Waals surface area contributed by atoms with Gasteiger partial charge in [0.15, 0.2) is 0 Å². The van der Waals surface area contributed by atoms with Crippen LogP contribution in [0.1, 0.15) is 26.3 Å². The summed E-state index contributed by atoms with van der Waals surface area (Å²) in [6, 6.07) is 7.01. The monoisotopic (exact) mass is 409 g/mol. The average Bonchev–Trinajstić information content (AvgIpc) is 3.01. The van der Waals surface area contributed by atoms with Gasteiger partial charge in [0.05, 0.1) is 0 Å². The van der Waals surface area contributed by atoms with Crippen molar-refractivity contribution >= 4 is 28.6 Å². The third-order valence-electron chi connectivity index (χ3n) is 4.73. The Morgan fingerprint density at radius 2 is 1.85 bits per heavy atom. The van der Waals surface area contributed by atoms with Crippen molar-refractivity contribution in [1.82, 2.24) is 20.5 Å². The van der Waals surface area contributed by atoms with Crippen molar-refractivity contribution in [2.45, 2.75) is 38.8 Å². The van der Waals surface area contributed by atoms with E-state index in [2.05, 4.69) is 15.6 Å². The van der Waals surface area contributed by atoms with Gasteiger partial charge in [-0.15, -0.1) is 0 Å². The van der Waals surface area contributed by atoms with Crippen LogP contribution in [-0.2, 0) is 39.4 Å². The summed E-state index contributed by atoms with van der Waals surface area (Å²) in [5, 5.41) is 6.29. The fourth-order valence-electron chi connectivity index (χ4n) is 2.93. The first-order chi connectivity index (χ1) is 12.2.